The Labute approximate surface area is 126 Å². The first-order valence-electron chi connectivity index (χ1n) is 7.16. The summed E-state index contributed by atoms with van der Waals surface area (Å²) in [6, 6.07) is 5.29. The fraction of sp³-hybridized carbons (Fsp3) is 0.500. The Morgan fingerprint density at radius 1 is 1.24 bits per heavy atom. The Bertz CT molecular complexity index is 498. The highest BCUT2D eigenvalue weighted by molar-refractivity contribution is 5.94. The van der Waals surface area contributed by atoms with Gasteiger partial charge in [-0.25, -0.2) is 4.79 Å². The predicted molar refractivity (Wildman–Crippen MR) is 82.4 cm³/mol. The highest BCUT2D eigenvalue weighted by atomic mass is 16.5. The lowest BCUT2D eigenvalue weighted by atomic mass is 10.1. The number of carbonyl (C=O) groups is 2. The van der Waals surface area contributed by atoms with E-state index in [2.05, 4.69) is 24.5 Å². The first kappa shape index (κ1) is 17.0. The highest BCUT2D eigenvalue weighted by Crippen LogP contribution is 2.18. The van der Waals surface area contributed by atoms with Crippen LogP contribution >= 0.6 is 0 Å². The summed E-state index contributed by atoms with van der Waals surface area (Å²) in [6.45, 7) is 8.38. The predicted octanol–water partition coefficient (Wildman–Crippen LogP) is 2.55. The van der Waals surface area contributed by atoms with Crippen molar-refractivity contribution in [1.82, 2.24) is 10.6 Å². The molecular formula is C16H24N2O3. The third kappa shape index (κ3) is 6.79. The van der Waals surface area contributed by atoms with Crippen LogP contribution in [0.3, 0.4) is 0 Å². The zero-order chi connectivity index (χ0) is 15.8. The summed E-state index contributed by atoms with van der Waals surface area (Å²) in [5.41, 5.74) is 2.01. The number of hydrogen-bond donors (Lipinski definition) is 2. The van der Waals surface area contributed by atoms with Crippen LogP contribution < -0.4 is 15.4 Å². The summed E-state index contributed by atoms with van der Waals surface area (Å²) in [7, 11) is 0. The number of aryl methyl sites for hydroxylation is 2. The van der Waals surface area contributed by atoms with Crippen LogP contribution in [-0.4, -0.2) is 25.1 Å². The van der Waals surface area contributed by atoms with Crippen LogP contribution in [0.4, 0.5) is 4.79 Å². The largest absolute Gasteiger partial charge is 0.483 e. The van der Waals surface area contributed by atoms with Crippen molar-refractivity contribution in [3.05, 3.63) is 29.3 Å². The zero-order valence-corrected chi connectivity index (χ0v) is 13.2. The van der Waals surface area contributed by atoms with E-state index < -0.39 is 11.9 Å². The Balaban J connectivity index is 2.33. The van der Waals surface area contributed by atoms with Crippen LogP contribution in [0.15, 0.2) is 18.2 Å². The molecule has 0 fully saturated rings. The second kappa shape index (κ2) is 8.29. The molecule has 116 valence electrons. The maximum absolute atomic E-state index is 11.6. The second-order valence-electron chi connectivity index (χ2n) is 5.54. The van der Waals surface area contributed by atoms with Crippen LogP contribution in [0.25, 0.3) is 0 Å². The summed E-state index contributed by atoms with van der Waals surface area (Å²) in [5, 5.41) is 4.88. The van der Waals surface area contributed by atoms with Gasteiger partial charge in [0.1, 0.15) is 5.75 Å². The van der Waals surface area contributed by atoms with Crippen LogP contribution in [0, 0.1) is 19.8 Å². The molecule has 2 N–H and O–H groups in total. The second-order valence-corrected chi connectivity index (χ2v) is 5.54. The smallest absolute Gasteiger partial charge is 0.321 e. The highest BCUT2D eigenvalue weighted by Gasteiger charge is 2.09. The zero-order valence-electron chi connectivity index (χ0n) is 13.2. The Morgan fingerprint density at radius 2 is 1.95 bits per heavy atom. The molecule has 0 atom stereocenters. The maximum atomic E-state index is 11.6. The standard InChI is InChI=1S/C16H24N2O3/c1-11(2)7-8-17-16(20)18-15(19)10-21-14-9-12(3)5-6-13(14)4/h5-6,9,11H,7-8,10H2,1-4H3,(H2,17,18,19,20). The van der Waals surface area contributed by atoms with Gasteiger partial charge in [-0.1, -0.05) is 26.0 Å². The molecule has 0 aliphatic rings. The lowest BCUT2D eigenvalue weighted by molar-refractivity contribution is -0.122. The van der Waals surface area contributed by atoms with E-state index in [0.29, 0.717) is 18.2 Å². The van der Waals surface area contributed by atoms with Crippen molar-refractivity contribution >= 4 is 11.9 Å². The Morgan fingerprint density at radius 3 is 2.62 bits per heavy atom. The fourth-order valence-corrected chi connectivity index (χ4v) is 1.69. The molecule has 0 aromatic heterocycles. The average Bonchev–Trinajstić information content (AvgIpc) is 2.39. The lowest BCUT2D eigenvalue weighted by Gasteiger charge is -2.11. The number of rotatable bonds is 6. The van der Waals surface area contributed by atoms with Gasteiger partial charge in [0.15, 0.2) is 6.61 Å². The molecule has 0 bridgehead atoms. The molecule has 0 radical (unpaired) electrons. The third-order valence-corrected chi connectivity index (χ3v) is 2.96. The van der Waals surface area contributed by atoms with Gasteiger partial charge in [0.25, 0.3) is 5.91 Å². The molecule has 3 amide bonds. The number of benzene rings is 1. The molecule has 0 aliphatic heterocycles. The summed E-state index contributed by atoms with van der Waals surface area (Å²) < 4.78 is 5.43. The SMILES string of the molecule is Cc1ccc(C)c(OCC(=O)NC(=O)NCCC(C)C)c1. The minimum atomic E-state index is -0.481. The number of hydrogen-bond acceptors (Lipinski definition) is 3. The number of amides is 3. The van der Waals surface area contributed by atoms with Gasteiger partial charge in [-0.05, 0) is 43.4 Å². The van der Waals surface area contributed by atoms with E-state index >= 15 is 0 Å². The van der Waals surface area contributed by atoms with Gasteiger partial charge in [-0.3, -0.25) is 10.1 Å². The molecular weight excluding hydrogens is 268 g/mol. The van der Waals surface area contributed by atoms with Crippen LogP contribution in [0.5, 0.6) is 5.75 Å². The van der Waals surface area contributed by atoms with Crippen molar-refractivity contribution in [3.8, 4) is 5.75 Å². The minimum Gasteiger partial charge on any atom is -0.483 e. The van der Waals surface area contributed by atoms with Crippen LogP contribution in [0.2, 0.25) is 0 Å². The topological polar surface area (TPSA) is 67.4 Å². The normalized spacial score (nSPS) is 10.3. The van der Waals surface area contributed by atoms with Gasteiger partial charge >= 0.3 is 6.03 Å². The number of ether oxygens (including phenoxy) is 1. The third-order valence-electron chi connectivity index (χ3n) is 2.96. The van der Waals surface area contributed by atoms with Crippen molar-refractivity contribution in [3.63, 3.8) is 0 Å². The quantitative estimate of drug-likeness (QED) is 0.846. The molecule has 1 aromatic rings. The van der Waals surface area contributed by atoms with Crippen LogP contribution in [-0.2, 0) is 4.79 Å². The van der Waals surface area contributed by atoms with E-state index in [1.807, 2.05) is 32.0 Å². The molecule has 21 heavy (non-hydrogen) atoms. The maximum Gasteiger partial charge on any atom is 0.321 e. The number of carbonyl (C=O) groups excluding carboxylic acids is 2. The molecule has 0 saturated heterocycles. The first-order chi connectivity index (χ1) is 9.88. The summed E-state index contributed by atoms with van der Waals surface area (Å²) in [5.74, 6) is 0.706. The van der Waals surface area contributed by atoms with Crippen molar-refractivity contribution in [2.24, 2.45) is 5.92 Å². The van der Waals surface area contributed by atoms with Gasteiger partial charge in [-0.2, -0.15) is 0 Å². The molecule has 1 aromatic carbocycles. The number of imide groups is 1. The van der Waals surface area contributed by atoms with Crippen molar-refractivity contribution in [1.29, 1.82) is 0 Å². The minimum absolute atomic E-state index is 0.179. The molecule has 5 nitrogen and oxygen atoms in total. The molecule has 0 unspecified atom stereocenters. The summed E-state index contributed by atoms with van der Waals surface area (Å²) >= 11 is 0. The summed E-state index contributed by atoms with van der Waals surface area (Å²) in [4.78, 5) is 23.1. The summed E-state index contributed by atoms with van der Waals surface area (Å²) in [6.07, 6.45) is 0.876. The Kier molecular flexibility index (Phi) is 6.72. The molecule has 0 aliphatic carbocycles. The molecule has 0 spiro atoms. The number of nitrogens with one attached hydrogen (secondary N) is 2. The van der Waals surface area contributed by atoms with Gasteiger partial charge < -0.3 is 10.1 Å². The average molecular weight is 292 g/mol. The van der Waals surface area contributed by atoms with Crippen molar-refractivity contribution in [2.75, 3.05) is 13.2 Å². The molecule has 5 heteroatoms. The monoisotopic (exact) mass is 292 g/mol. The molecule has 0 saturated carbocycles. The van der Waals surface area contributed by atoms with E-state index in [1.54, 1.807) is 0 Å². The van der Waals surface area contributed by atoms with Gasteiger partial charge in [0, 0.05) is 6.54 Å². The van der Waals surface area contributed by atoms with Gasteiger partial charge in [-0.15, -0.1) is 0 Å². The van der Waals surface area contributed by atoms with E-state index in [-0.39, 0.29) is 6.61 Å². The molecule has 0 heterocycles. The van der Waals surface area contributed by atoms with E-state index in [4.69, 9.17) is 4.74 Å². The Hall–Kier alpha value is -2.04. The lowest BCUT2D eigenvalue weighted by Crippen LogP contribution is -2.42. The molecule has 1 rings (SSSR count). The van der Waals surface area contributed by atoms with Crippen molar-refractivity contribution in [2.45, 2.75) is 34.1 Å². The van der Waals surface area contributed by atoms with Crippen LogP contribution in [0.1, 0.15) is 31.4 Å². The van der Waals surface area contributed by atoms with Crippen molar-refractivity contribution < 1.29 is 14.3 Å². The van der Waals surface area contributed by atoms with E-state index in [1.165, 1.54) is 0 Å². The first-order valence-corrected chi connectivity index (χ1v) is 7.16. The van der Waals surface area contributed by atoms with Gasteiger partial charge in [0.05, 0.1) is 0 Å². The van der Waals surface area contributed by atoms with E-state index in [9.17, 15) is 9.59 Å². The number of urea groups is 1. The van der Waals surface area contributed by atoms with Gasteiger partial charge in [0.2, 0.25) is 0 Å². The van der Waals surface area contributed by atoms with E-state index in [0.717, 1.165) is 17.5 Å². The fourth-order valence-electron chi connectivity index (χ4n) is 1.69.